The number of hydrogen-bond acceptors (Lipinski definition) is 7. The van der Waals surface area contributed by atoms with Gasteiger partial charge in [-0.3, -0.25) is 9.78 Å². The molecule has 0 radical (unpaired) electrons. The number of hydrogen-bond donors (Lipinski definition) is 2. The van der Waals surface area contributed by atoms with Gasteiger partial charge in [0.25, 0.3) is 5.56 Å². The summed E-state index contributed by atoms with van der Waals surface area (Å²) in [5.74, 6) is -0.354. The van der Waals surface area contributed by atoms with Crippen LogP contribution >= 0.6 is 0 Å². The number of phenolic OH excluding ortho intramolecular Hbond substituents is 1. The van der Waals surface area contributed by atoms with Gasteiger partial charge in [-0.2, -0.15) is 9.78 Å². The van der Waals surface area contributed by atoms with Crippen LogP contribution in [-0.2, 0) is 22.7 Å². The quantitative estimate of drug-likeness (QED) is 0.395. The van der Waals surface area contributed by atoms with Gasteiger partial charge < -0.3 is 9.84 Å². The minimum Gasteiger partial charge on any atom is -0.507 e. The van der Waals surface area contributed by atoms with Crippen LogP contribution < -0.4 is 16.0 Å². The fraction of sp³-hybridized carbons (Fsp3) is 0.160. The van der Waals surface area contributed by atoms with Crippen molar-refractivity contribution in [3.05, 3.63) is 98.1 Å². The predicted molar refractivity (Wildman–Crippen MR) is 127 cm³/mol. The molecule has 5 rings (SSSR count). The maximum atomic E-state index is 13.3. The number of sulfone groups is 1. The Balaban J connectivity index is 1.57. The molecule has 1 aliphatic carbocycles. The van der Waals surface area contributed by atoms with Crippen molar-refractivity contribution in [1.82, 2.24) is 14.8 Å². The van der Waals surface area contributed by atoms with Gasteiger partial charge in [-0.05, 0) is 79.8 Å². The van der Waals surface area contributed by atoms with E-state index in [1.807, 2.05) is 0 Å². The number of aromatic amines is 1. The first-order chi connectivity index (χ1) is 17.1. The summed E-state index contributed by atoms with van der Waals surface area (Å²) in [6, 6.07) is 9.92. The lowest BCUT2D eigenvalue weighted by Crippen LogP contribution is -2.31. The molecule has 2 N–H and O–H groups in total. The topological polar surface area (TPSA) is 131 Å². The van der Waals surface area contributed by atoms with E-state index >= 15 is 0 Å². The lowest BCUT2D eigenvalue weighted by Gasteiger charge is -2.18. The van der Waals surface area contributed by atoms with Crippen molar-refractivity contribution in [3.8, 4) is 22.9 Å². The SMILES string of the molecule is Cc1cc(-n2ncc(=O)[nH]c2=O)c2c(c1Oc1ccc(O)c(S(=O)(=O)c3ccc(F)cc3)c1)CCC2. The number of aromatic nitrogens is 3. The molecule has 1 heterocycles. The van der Waals surface area contributed by atoms with Gasteiger partial charge in [0.05, 0.1) is 10.6 Å². The first-order valence-electron chi connectivity index (χ1n) is 11.0. The number of nitrogens with zero attached hydrogens (tertiary/aromatic N) is 2. The molecule has 11 heteroatoms. The van der Waals surface area contributed by atoms with Crippen molar-refractivity contribution in [2.24, 2.45) is 0 Å². The Morgan fingerprint density at radius 1 is 1.06 bits per heavy atom. The highest BCUT2D eigenvalue weighted by Gasteiger charge is 2.26. The van der Waals surface area contributed by atoms with Gasteiger partial charge in [-0.15, -0.1) is 0 Å². The predicted octanol–water partition coefficient (Wildman–Crippen LogP) is 3.19. The van der Waals surface area contributed by atoms with Gasteiger partial charge in [0.15, 0.2) is 0 Å². The zero-order valence-corrected chi connectivity index (χ0v) is 19.8. The van der Waals surface area contributed by atoms with Gasteiger partial charge >= 0.3 is 5.69 Å². The molecular formula is C25H20FN3O6S. The van der Waals surface area contributed by atoms with Gasteiger partial charge in [0.1, 0.15) is 34.2 Å². The molecule has 0 fully saturated rings. The van der Waals surface area contributed by atoms with Crippen molar-refractivity contribution in [2.75, 3.05) is 0 Å². The summed E-state index contributed by atoms with van der Waals surface area (Å²) in [6.45, 7) is 1.78. The van der Waals surface area contributed by atoms with E-state index in [2.05, 4.69) is 10.1 Å². The van der Waals surface area contributed by atoms with E-state index in [0.29, 0.717) is 29.8 Å². The molecule has 4 aromatic rings. The number of fused-ring (bicyclic) bond motifs is 1. The zero-order valence-electron chi connectivity index (χ0n) is 19.0. The Morgan fingerprint density at radius 3 is 2.50 bits per heavy atom. The number of phenols is 1. The lowest BCUT2D eigenvalue weighted by molar-refractivity contribution is 0.446. The zero-order chi connectivity index (χ0) is 25.6. The summed E-state index contributed by atoms with van der Waals surface area (Å²) in [6.07, 6.45) is 3.16. The minimum atomic E-state index is -4.15. The maximum Gasteiger partial charge on any atom is 0.349 e. The third kappa shape index (κ3) is 4.07. The molecule has 9 nitrogen and oxygen atoms in total. The molecule has 184 valence electrons. The second-order valence-corrected chi connectivity index (χ2v) is 10.3. The van der Waals surface area contributed by atoms with Crippen LogP contribution in [0.15, 0.2) is 74.1 Å². The highest BCUT2D eigenvalue weighted by Crippen LogP contribution is 2.41. The average Bonchev–Trinajstić information content (AvgIpc) is 3.32. The highest BCUT2D eigenvalue weighted by molar-refractivity contribution is 7.91. The molecule has 0 amide bonds. The third-order valence-corrected chi connectivity index (χ3v) is 7.82. The summed E-state index contributed by atoms with van der Waals surface area (Å²) in [5.41, 5.74) is 1.65. The summed E-state index contributed by atoms with van der Waals surface area (Å²) in [7, 11) is -4.15. The van der Waals surface area contributed by atoms with Crippen LogP contribution in [-0.4, -0.2) is 28.3 Å². The Morgan fingerprint density at radius 2 is 1.78 bits per heavy atom. The van der Waals surface area contributed by atoms with Gasteiger partial charge in [0, 0.05) is 11.6 Å². The number of rotatable bonds is 5. The van der Waals surface area contributed by atoms with Crippen molar-refractivity contribution in [2.45, 2.75) is 36.0 Å². The fourth-order valence-corrected chi connectivity index (χ4v) is 5.72. The Labute approximate surface area is 204 Å². The molecule has 0 aliphatic heterocycles. The first kappa shape index (κ1) is 23.5. The van der Waals surface area contributed by atoms with E-state index in [9.17, 15) is 27.5 Å². The highest BCUT2D eigenvalue weighted by atomic mass is 32.2. The second-order valence-electron chi connectivity index (χ2n) is 8.39. The molecule has 3 aromatic carbocycles. The van der Waals surface area contributed by atoms with E-state index in [1.165, 1.54) is 18.2 Å². The standard InChI is InChI=1S/C25H20FN3O6S/c1-14-11-20(29-25(32)28-23(31)13-27-29)18-3-2-4-19(18)24(14)35-16-7-10-21(30)22(12-16)36(33,34)17-8-5-15(26)6-9-17/h5-13,30H,2-4H2,1H3,(H,28,31,32). The summed E-state index contributed by atoms with van der Waals surface area (Å²) in [4.78, 5) is 25.4. The van der Waals surface area contributed by atoms with Crippen LogP contribution in [0.4, 0.5) is 4.39 Å². The average molecular weight is 510 g/mol. The number of ether oxygens (including phenoxy) is 1. The minimum absolute atomic E-state index is 0.170. The molecule has 0 saturated carbocycles. The van der Waals surface area contributed by atoms with E-state index in [4.69, 9.17) is 4.74 Å². The Bertz CT molecular complexity index is 1730. The molecule has 0 spiro atoms. The number of aryl methyl sites for hydroxylation is 1. The van der Waals surface area contributed by atoms with E-state index in [-0.39, 0.29) is 15.5 Å². The molecular weight excluding hydrogens is 489 g/mol. The van der Waals surface area contributed by atoms with Crippen LogP contribution in [0.5, 0.6) is 17.2 Å². The van der Waals surface area contributed by atoms with Crippen LogP contribution in [0, 0.1) is 12.7 Å². The first-order valence-corrected chi connectivity index (χ1v) is 12.5. The molecule has 0 saturated heterocycles. The largest absolute Gasteiger partial charge is 0.507 e. The van der Waals surface area contributed by atoms with E-state index in [1.54, 1.807) is 13.0 Å². The number of benzene rings is 3. The number of H-pyrrole nitrogens is 1. The Hall–Kier alpha value is -4.25. The molecule has 1 aliphatic rings. The third-order valence-electron chi connectivity index (χ3n) is 6.02. The molecule has 0 bridgehead atoms. The Kier molecular flexibility index (Phi) is 5.71. The van der Waals surface area contributed by atoms with E-state index in [0.717, 1.165) is 52.7 Å². The normalized spacial score (nSPS) is 12.9. The lowest BCUT2D eigenvalue weighted by atomic mass is 10.0. The molecule has 0 atom stereocenters. The summed E-state index contributed by atoms with van der Waals surface area (Å²) in [5, 5.41) is 14.3. The van der Waals surface area contributed by atoms with Crippen LogP contribution in [0.3, 0.4) is 0 Å². The fourth-order valence-electron chi connectivity index (χ4n) is 4.36. The van der Waals surface area contributed by atoms with Crippen LogP contribution in [0.25, 0.3) is 5.69 Å². The number of halogens is 1. The van der Waals surface area contributed by atoms with Gasteiger partial charge in [-0.1, -0.05) is 0 Å². The van der Waals surface area contributed by atoms with Crippen molar-refractivity contribution in [1.29, 1.82) is 0 Å². The summed E-state index contributed by atoms with van der Waals surface area (Å²) < 4.78 is 46.7. The molecule has 1 aromatic heterocycles. The monoisotopic (exact) mass is 509 g/mol. The number of nitrogens with one attached hydrogen (secondary N) is 1. The van der Waals surface area contributed by atoms with Gasteiger partial charge in [0.2, 0.25) is 9.84 Å². The van der Waals surface area contributed by atoms with Crippen LogP contribution in [0.1, 0.15) is 23.1 Å². The number of aromatic hydroxyl groups is 1. The van der Waals surface area contributed by atoms with Crippen molar-refractivity contribution in [3.63, 3.8) is 0 Å². The smallest absolute Gasteiger partial charge is 0.349 e. The summed E-state index contributed by atoms with van der Waals surface area (Å²) >= 11 is 0. The van der Waals surface area contributed by atoms with Crippen molar-refractivity contribution >= 4 is 9.84 Å². The van der Waals surface area contributed by atoms with E-state index < -0.39 is 32.7 Å². The van der Waals surface area contributed by atoms with Crippen LogP contribution in [0.2, 0.25) is 0 Å². The molecule has 36 heavy (non-hydrogen) atoms. The second kappa shape index (κ2) is 8.76. The van der Waals surface area contributed by atoms with Gasteiger partial charge in [-0.25, -0.2) is 17.6 Å². The molecule has 0 unspecified atom stereocenters. The van der Waals surface area contributed by atoms with Crippen molar-refractivity contribution < 1.29 is 22.7 Å². The maximum absolute atomic E-state index is 13.3.